The Bertz CT molecular complexity index is 504. The third kappa shape index (κ3) is 4.23. The van der Waals surface area contributed by atoms with Gasteiger partial charge in [-0.3, -0.25) is 0 Å². The first kappa shape index (κ1) is 13.8. The van der Waals surface area contributed by atoms with Crippen molar-refractivity contribution in [2.75, 3.05) is 17.6 Å². The van der Waals surface area contributed by atoms with Crippen LogP contribution in [-0.4, -0.2) is 12.3 Å². The molecule has 2 aromatic carbocycles. The van der Waals surface area contributed by atoms with Crippen molar-refractivity contribution in [1.29, 1.82) is 0 Å². The average molecular weight is 343 g/mol. The fraction of sp³-hybridized carbons (Fsp3) is 0.143. The number of benzene rings is 2. The third-order valence-electron chi connectivity index (χ3n) is 2.36. The molecule has 0 spiro atoms. The molecule has 0 bridgehead atoms. The van der Waals surface area contributed by atoms with E-state index in [0.29, 0.717) is 0 Å². The van der Waals surface area contributed by atoms with Crippen molar-refractivity contribution >= 4 is 45.0 Å². The molecule has 0 atom stereocenters. The Balaban J connectivity index is 1.80. The van der Waals surface area contributed by atoms with E-state index >= 15 is 0 Å². The summed E-state index contributed by atoms with van der Waals surface area (Å²) in [4.78, 5) is 1.30. The van der Waals surface area contributed by atoms with Crippen LogP contribution in [0.15, 0.2) is 57.9 Å². The topological polar surface area (TPSA) is 12.0 Å². The molecule has 94 valence electrons. The molecule has 0 unspecified atom stereocenters. The van der Waals surface area contributed by atoms with Gasteiger partial charge in [-0.05, 0) is 46.3 Å². The maximum Gasteiger partial charge on any atom is 0.0499 e. The van der Waals surface area contributed by atoms with Gasteiger partial charge in [0.15, 0.2) is 0 Å². The Hall–Kier alpha value is -0.640. The van der Waals surface area contributed by atoms with E-state index in [1.54, 1.807) is 0 Å². The summed E-state index contributed by atoms with van der Waals surface area (Å²) in [6.45, 7) is 0.901. The Labute approximate surface area is 125 Å². The van der Waals surface area contributed by atoms with E-state index in [9.17, 15) is 0 Å². The standard InChI is InChI=1S/C14H13BrClNS/c15-13-7-6-11(16)10-14(13)17-8-9-18-12-4-2-1-3-5-12/h1-7,10,17H,8-9H2. The van der Waals surface area contributed by atoms with Crippen molar-refractivity contribution < 1.29 is 0 Å². The van der Waals surface area contributed by atoms with Crippen molar-refractivity contribution in [3.8, 4) is 0 Å². The van der Waals surface area contributed by atoms with Gasteiger partial charge in [0.2, 0.25) is 0 Å². The molecule has 0 fully saturated rings. The fourth-order valence-electron chi connectivity index (χ4n) is 1.50. The molecule has 1 N–H and O–H groups in total. The highest BCUT2D eigenvalue weighted by Gasteiger charge is 2.00. The van der Waals surface area contributed by atoms with E-state index in [1.165, 1.54) is 4.90 Å². The molecule has 4 heteroatoms. The van der Waals surface area contributed by atoms with Gasteiger partial charge in [0, 0.05) is 32.4 Å². The number of rotatable bonds is 5. The van der Waals surface area contributed by atoms with Crippen LogP contribution in [0.3, 0.4) is 0 Å². The minimum atomic E-state index is 0.747. The van der Waals surface area contributed by atoms with Crippen LogP contribution in [0.4, 0.5) is 5.69 Å². The molecule has 2 rings (SSSR count). The van der Waals surface area contributed by atoms with Crippen molar-refractivity contribution in [2.45, 2.75) is 4.90 Å². The molecule has 0 aliphatic heterocycles. The Morgan fingerprint density at radius 2 is 1.89 bits per heavy atom. The smallest absolute Gasteiger partial charge is 0.0499 e. The lowest BCUT2D eigenvalue weighted by Crippen LogP contribution is -2.04. The highest BCUT2D eigenvalue weighted by atomic mass is 79.9. The quantitative estimate of drug-likeness (QED) is 0.584. The molecular formula is C14H13BrClNS. The molecular weight excluding hydrogens is 330 g/mol. The van der Waals surface area contributed by atoms with Crippen molar-refractivity contribution in [1.82, 2.24) is 0 Å². The number of hydrogen-bond acceptors (Lipinski definition) is 2. The number of anilines is 1. The van der Waals surface area contributed by atoms with Crippen LogP contribution in [-0.2, 0) is 0 Å². The number of halogens is 2. The first-order chi connectivity index (χ1) is 8.75. The van der Waals surface area contributed by atoms with Gasteiger partial charge < -0.3 is 5.32 Å². The summed E-state index contributed by atoms with van der Waals surface area (Å²) in [5.74, 6) is 1.02. The summed E-state index contributed by atoms with van der Waals surface area (Å²) >= 11 is 11.3. The summed E-state index contributed by atoms with van der Waals surface area (Å²) in [6, 6.07) is 16.2. The van der Waals surface area contributed by atoms with Crippen LogP contribution in [0.5, 0.6) is 0 Å². The number of nitrogens with one attached hydrogen (secondary N) is 1. The lowest BCUT2D eigenvalue weighted by atomic mass is 10.3. The highest BCUT2D eigenvalue weighted by molar-refractivity contribution is 9.10. The minimum Gasteiger partial charge on any atom is -0.383 e. The maximum absolute atomic E-state index is 5.96. The Kier molecular flexibility index (Phi) is 5.42. The van der Waals surface area contributed by atoms with Gasteiger partial charge in [0.05, 0.1) is 0 Å². The van der Waals surface area contributed by atoms with Gasteiger partial charge in [0.1, 0.15) is 0 Å². The van der Waals surface area contributed by atoms with Crippen LogP contribution < -0.4 is 5.32 Å². The van der Waals surface area contributed by atoms with E-state index in [0.717, 1.165) is 27.5 Å². The van der Waals surface area contributed by atoms with Gasteiger partial charge in [0.25, 0.3) is 0 Å². The summed E-state index contributed by atoms with van der Waals surface area (Å²) in [6.07, 6.45) is 0. The van der Waals surface area contributed by atoms with Gasteiger partial charge in [-0.2, -0.15) is 0 Å². The molecule has 0 saturated carbocycles. The van der Waals surface area contributed by atoms with Crippen LogP contribution in [0, 0.1) is 0 Å². The second-order valence-electron chi connectivity index (χ2n) is 3.71. The lowest BCUT2D eigenvalue weighted by Gasteiger charge is -2.08. The van der Waals surface area contributed by atoms with Crippen molar-refractivity contribution in [3.63, 3.8) is 0 Å². The van der Waals surface area contributed by atoms with Crippen LogP contribution >= 0.6 is 39.3 Å². The summed E-state index contributed by atoms with van der Waals surface area (Å²) < 4.78 is 1.04. The second kappa shape index (κ2) is 7.07. The molecule has 18 heavy (non-hydrogen) atoms. The minimum absolute atomic E-state index is 0.747. The number of hydrogen-bond donors (Lipinski definition) is 1. The second-order valence-corrected chi connectivity index (χ2v) is 6.17. The van der Waals surface area contributed by atoms with E-state index in [4.69, 9.17) is 11.6 Å². The molecule has 0 aliphatic carbocycles. The predicted octanol–water partition coefficient (Wildman–Crippen LogP) is 5.31. The van der Waals surface area contributed by atoms with E-state index in [-0.39, 0.29) is 0 Å². The summed E-state index contributed by atoms with van der Waals surface area (Å²) in [7, 11) is 0. The SMILES string of the molecule is Clc1ccc(Br)c(NCCSc2ccccc2)c1. The normalized spacial score (nSPS) is 10.3. The van der Waals surface area contributed by atoms with Crippen LogP contribution in [0.25, 0.3) is 0 Å². The van der Waals surface area contributed by atoms with E-state index in [1.807, 2.05) is 36.0 Å². The number of thioether (sulfide) groups is 1. The zero-order valence-corrected chi connectivity index (χ0v) is 12.9. The largest absolute Gasteiger partial charge is 0.383 e. The first-order valence-corrected chi connectivity index (χ1v) is 7.78. The summed E-state index contributed by atoms with van der Waals surface area (Å²) in [5, 5.41) is 4.12. The Morgan fingerprint density at radius 3 is 2.67 bits per heavy atom. The van der Waals surface area contributed by atoms with E-state index in [2.05, 4.69) is 45.5 Å². The maximum atomic E-state index is 5.96. The summed E-state index contributed by atoms with van der Waals surface area (Å²) in [5.41, 5.74) is 1.04. The van der Waals surface area contributed by atoms with Gasteiger partial charge in [-0.1, -0.05) is 29.8 Å². The zero-order chi connectivity index (χ0) is 12.8. The van der Waals surface area contributed by atoms with Crippen LogP contribution in [0.1, 0.15) is 0 Å². The average Bonchev–Trinajstić information content (AvgIpc) is 2.40. The molecule has 2 aromatic rings. The molecule has 1 nitrogen and oxygen atoms in total. The lowest BCUT2D eigenvalue weighted by molar-refractivity contribution is 1.22. The molecule has 0 saturated heterocycles. The predicted molar refractivity (Wildman–Crippen MR) is 84.8 cm³/mol. The molecule has 0 aliphatic rings. The van der Waals surface area contributed by atoms with E-state index < -0.39 is 0 Å². The third-order valence-corrected chi connectivity index (χ3v) is 4.30. The fourth-order valence-corrected chi connectivity index (χ4v) is 2.85. The first-order valence-electron chi connectivity index (χ1n) is 5.62. The van der Waals surface area contributed by atoms with Crippen molar-refractivity contribution in [2.24, 2.45) is 0 Å². The van der Waals surface area contributed by atoms with Gasteiger partial charge in [-0.25, -0.2) is 0 Å². The Morgan fingerprint density at radius 1 is 1.11 bits per heavy atom. The monoisotopic (exact) mass is 341 g/mol. The van der Waals surface area contributed by atoms with Gasteiger partial charge >= 0.3 is 0 Å². The molecule has 0 heterocycles. The van der Waals surface area contributed by atoms with Crippen LogP contribution in [0.2, 0.25) is 5.02 Å². The molecule has 0 amide bonds. The molecule has 0 aromatic heterocycles. The zero-order valence-electron chi connectivity index (χ0n) is 9.70. The van der Waals surface area contributed by atoms with Gasteiger partial charge in [-0.15, -0.1) is 11.8 Å². The molecule has 0 radical (unpaired) electrons. The van der Waals surface area contributed by atoms with Crippen molar-refractivity contribution in [3.05, 3.63) is 58.0 Å². The highest BCUT2D eigenvalue weighted by Crippen LogP contribution is 2.26.